The van der Waals surface area contributed by atoms with Gasteiger partial charge in [-0.1, -0.05) is 19.2 Å². The molecular weight excluding hydrogens is 138 g/mol. The smallest absolute Gasteiger partial charge is 0.132 e. The quantitative estimate of drug-likeness (QED) is 0.265. The van der Waals surface area contributed by atoms with E-state index in [0.29, 0.717) is 17.9 Å². The minimum Gasteiger partial charge on any atom is -0.489 e. The van der Waals surface area contributed by atoms with Gasteiger partial charge in [0.1, 0.15) is 12.4 Å². The summed E-state index contributed by atoms with van der Waals surface area (Å²) in [6.45, 7) is 9.09. The molecule has 0 unspecified atom stereocenters. The fourth-order valence-corrected chi connectivity index (χ4v) is 0.524. The van der Waals surface area contributed by atoms with E-state index in [1.54, 1.807) is 13.0 Å². The lowest BCUT2D eigenvalue weighted by molar-refractivity contribution is 0.259. The monoisotopic (exact) mass is 149 g/mol. The second-order valence-electron chi connectivity index (χ2n) is 1.90. The van der Waals surface area contributed by atoms with Crippen molar-refractivity contribution in [3.63, 3.8) is 0 Å². The highest BCUT2D eigenvalue weighted by atomic mass is 16.5. The molecule has 0 fully saturated rings. The maximum absolute atomic E-state index is 8.47. The molecule has 0 bridgehead atoms. The van der Waals surface area contributed by atoms with Crippen LogP contribution in [-0.4, -0.2) is 6.61 Å². The number of allylic oxidation sites excluding steroid dienone is 2. The third kappa shape index (κ3) is 3.27. The Morgan fingerprint density at radius 3 is 2.64 bits per heavy atom. The summed E-state index contributed by atoms with van der Waals surface area (Å²) in [6, 6.07) is 1.97. The van der Waals surface area contributed by atoms with E-state index in [2.05, 4.69) is 13.2 Å². The van der Waals surface area contributed by atoms with E-state index in [4.69, 9.17) is 10.00 Å². The van der Waals surface area contributed by atoms with E-state index in [9.17, 15) is 0 Å². The van der Waals surface area contributed by atoms with Crippen molar-refractivity contribution in [2.24, 2.45) is 0 Å². The molecule has 0 heterocycles. The molecule has 0 amide bonds. The fraction of sp³-hybridized carbons (Fsp3) is 0.222. The Hall–Kier alpha value is -1.49. The first-order valence-electron chi connectivity index (χ1n) is 3.23. The topological polar surface area (TPSA) is 33.0 Å². The molecule has 2 heteroatoms. The van der Waals surface area contributed by atoms with Gasteiger partial charge in [-0.05, 0) is 13.0 Å². The van der Waals surface area contributed by atoms with Crippen molar-refractivity contribution in [3.8, 4) is 6.07 Å². The molecule has 0 saturated carbocycles. The Bertz CT molecular complexity index is 220. The van der Waals surface area contributed by atoms with Gasteiger partial charge in [-0.15, -0.1) is 0 Å². The lowest BCUT2D eigenvalue weighted by Gasteiger charge is -2.03. The summed E-state index contributed by atoms with van der Waals surface area (Å²) < 4.78 is 5.11. The molecule has 0 atom stereocenters. The summed E-state index contributed by atoms with van der Waals surface area (Å²) in [5.74, 6) is 0.521. The zero-order valence-corrected chi connectivity index (χ0v) is 6.63. The first kappa shape index (κ1) is 9.51. The molecule has 0 aliphatic carbocycles. The van der Waals surface area contributed by atoms with Gasteiger partial charge in [-0.25, -0.2) is 0 Å². The second kappa shape index (κ2) is 5.31. The van der Waals surface area contributed by atoms with Crippen molar-refractivity contribution in [1.82, 2.24) is 0 Å². The van der Waals surface area contributed by atoms with E-state index >= 15 is 0 Å². The van der Waals surface area contributed by atoms with Crippen LogP contribution in [0.4, 0.5) is 0 Å². The Balaban J connectivity index is 4.29. The molecule has 0 radical (unpaired) electrons. The molecule has 11 heavy (non-hydrogen) atoms. The number of rotatable bonds is 4. The Kier molecular flexibility index (Phi) is 4.59. The van der Waals surface area contributed by atoms with Gasteiger partial charge in [0.15, 0.2) is 0 Å². The maximum atomic E-state index is 8.47. The average Bonchev–Trinajstić information content (AvgIpc) is 2.05. The van der Waals surface area contributed by atoms with Crippen LogP contribution in [0, 0.1) is 11.3 Å². The van der Waals surface area contributed by atoms with E-state index in [1.165, 1.54) is 6.08 Å². The lowest BCUT2D eigenvalue weighted by atomic mass is 10.3. The SMILES string of the molecule is C=CCO/C(C=C)=C(/C)C#N. The zero-order valence-electron chi connectivity index (χ0n) is 6.63. The summed E-state index contributed by atoms with van der Waals surface area (Å²) in [5.41, 5.74) is 0.529. The van der Waals surface area contributed by atoms with E-state index < -0.39 is 0 Å². The largest absolute Gasteiger partial charge is 0.489 e. The zero-order chi connectivity index (χ0) is 8.69. The molecule has 0 aliphatic heterocycles. The highest BCUT2D eigenvalue weighted by Crippen LogP contribution is 2.05. The molecule has 0 aromatic carbocycles. The summed E-state index contributed by atoms with van der Waals surface area (Å²) >= 11 is 0. The van der Waals surface area contributed by atoms with Crippen LogP contribution in [0.1, 0.15) is 6.92 Å². The Morgan fingerprint density at radius 2 is 2.27 bits per heavy atom. The molecule has 0 spiro atoms. The van der Waals surface area contributed by atoms with E-state index in [1.807, 2.05) is 6.07 Å². The number of nitriles is 1. The molecule has 0 aliphatic rings. The first-order valence-corrected chi connectivity index (χ1v) is 3.23. The Labute approximate surface area is 67.1 Å². The second-order valence-corrected chi connectivity index (χ2v) is 1.90. The minimum atomic E-state index is 0.403. The van der Waals surface area contributed by atoms with Crippen LogP contribution >= 0.6 is 0 Å². The highest BCUT2D eigenvalue weighted by molar-refractivity contribution is 5.27. The van der Waals surface area contributed by atoms with Gasteiger partial charge in [0.05, 0.1) is 11.6 Å². The van der Waals surface area contributed by atoms with E-state index in [-0.39, 0.29) is 0 Å². The van der Waals surface area contributed by atoms with Crippen LogP contribution in [0.25, 0.3) is 0 Å². The predicted molar refractivity (Wildman–Crippen MR) is 44.7 cm³/mol. The Morgan fingerprint density at radius 1 is 1.64 bits per heavy atom. The summed E-state index contributed by atoms with van der Waals surface area (Å²) in [4.78, 5) is 0. The van der Waals surface area contributed by atoms with Gasteiger partial charge in [-0.3, -0.25) is 0 Å². The molecule has 58 valence electrons. The van der Waals surface area contributed by atoms with Crippen LogP contribution in [-0.2, 0) is 4.74 Å². The van der Waals surface area contributed by atoms with E-state index in [0.717, 1.165) is 0 Å². The van der Waals surface area contributed by atoms with Crippen LogP contribution in [0.5, 0.6) is 0 Å². The lowest BCUT2D eigenvalue weighted by Crippen LogP contribution is -1.91. The third-order valence-electron chi connectivity index (χ3n) is 1.08. The minimum absolute atomic E-state index is 0.403. The number of hydrogen-bond donors (Lipinski definition) is 0. The van der Waals surface area contributed by atoms with Gasteiger partial charge in [0.25, 0.3) is 0 Å². The molecule has 0 N–H and O–H groups in total. The summed E-state index contributed by atoms with van der Waals surface area (Å²) in [6.07, 6.45) is 3.14. The summed E-state index contributed by atoms with van der Waals surface area (Å²) in [7, 11) is 0. The van der Waals surface area contributed by atoms with Gasteiger partial charge in [0.2, 0.25) is 0 Å². The normalized spacial score (nSPS) is 10.9. The summed E-state index contributed by atoms with van der Waals surface area (Å²) in [5, 5.41) is 8.47. The van der Waals surface area contributed by atoms with Crippen molar-refractivity contribution < 1.29 is 4.74 Å². The third-order valence-corrected chi connectivity index (χ3v) is 1.08. The number of nitrogens with zero attached hydrogens (tertiary/aromatic N) is 1. The van der Waals surface area contributed by atoms with Gasteiger partial charge < -0.3 is 4.74 Å². The fourth-order valence-electron chi connectivity index (χ4n) is 0.524. The van der Waals surface area contributed by atoms with Gasteiger partial charge in [0, 0.05) is 0 Å². The molecule has 0 saturated heterocycles. The van der Waals surface area contributed by atoms with Crippen molar-refractivity contribution in [2.75, 3.05) is 6.61 Å². The predicted octanol–water partition coefficient (Wildman–Crippen LogP) is 2.17. The molecule has 0 aromatic heterocycles. The van der Waals surface area contributed by atoms with Crippen LogP contribution in [0.3, 0.4) is 0 Å². The molecule has 0 aromatic rings. The van der Waals surface area contributed by atoms with Crippen LogP contribution in [0.2, 0.25) is 0 Å². The van der Waals surface area contributed by atoms with Crippen LogP contribution in [0.15, 0.2) is 36.6 Å². The van der Waals surface area contributed by atoms with Crippen molar-refractivity contribution in [2.45, 2.75) is 6.92 Å². The van der Waals surface area contributed by atoms with Crippen molar-refractivity contribution in [3.05, 3.63) is 36.6 Å². The van der Waals surface area contributed by atoms with Crippen LogP contribution < -0.4 is 0 Å². The molecule has 0 rings (SSSR count). The number of hydrogen-bond acceptors (Lipinski definition) is 2. The maximum Gasteiger partial charge on any atom is 0.132 e. The first-order chi connectivity index (χ1) is 5.26. The van der Waals surface area contributed by atoms with Crippen molar-refractivity contribution >= 4 is 0 Å². The molecule has 2 nitrogen and oxygen atoms in total. The van der Waals surface area contributed by atoms with Gasteiger partial charge >= 0.3 is 0 Å². The number of ether oxygens (including phenoxy) is 1. The van der Waals surface area contributed by atoms with Crippen molar-refractivity contribution in [1.29, 1.82) is 5.26 Å². The van der Waals surface area contributed by atoms with Gasteiger partial charge in [-0.2, -0.15) is 5.26 Å². The average molecular weight is 149 g/mol. The molecular formula is C9H11NO. The highest BCUT2D eigenvalue weighted by Gasteiger charge is 1.96. The standard InChI is InChI=1S/C9H11NO/c1-4-6-11-9(5-2)8(3)7-10/h4-5H,1-2,6H2,3H3/b9-8-.